The number of alkyl carbamates (subject to hydrolysis) is 1. The highest BCUT2D eigenvalue weighted by atomic mass is 16.6. The van der Waals surface area contributed by atoms with E-state index < -0.39 is 29.6 Å². The van der Waals surface area contributed by atoms with Gasteiger partial charge in [-0.3, -0.25) is 9.59 Å². The summed E-state index contributed by atoms with van der Waals surface area (Å²) in [7, 11) is 0. The molecule has 2 rings (SSSR count). The fourth-order valence-electron chi connectivity index (χ4n) is 4.08. The lowest BCUT2D eigenvalue weighted by Crippen LogP contribution is -2.48. The second kappa shape index (κ2) is 15.0. The van der Waals surface area contributed by atoms with Crippen LogP contribution < -0.4 is 10.6 Å². The molecule has 0 aliphatic carbocycles. The molecule has 3 amide bonds. The number of carbonyl (C=O) groups is 3. The zero-order valence-corrected chi connectivity index (χ0v) is 23.4. The summed E-state index contributed by atoms with van der Waals surface area (Å²) in [6.07, 6.45) is 4.08. The predicted octanol–water partition coefficient (Wildman–Crippen LogP) is 5.38. The molecule has 2 aromatic rings. The number of carbonyl (C=O) groups excluding carboxylic acids is 3. The Morgan fingerprint density at radius 2 is 1.63 bits per heavy atom. The van der Waals surface area contributed by atoms with Gasteiger partial charge in [0.15, 0.2) is 0 Å². The Kier molecular flexibility index (Phi) is 12.1. The molecular weight excluding hydrogens is 482 g/mol. The number of ether oxygens (including phenoxy) is 1. The largest absolute Gasteiger partial charge is 0.507 e. The first-order valence-corrected chi connectivity index (χ1v) is 13.4. The second-order valence-electron chi connectivity index (χ2n) is 10.5. The van der Waals surface area contributed by atoms with Gasteiger partial charge < -0.3 is 25.4 Å². The van der Waals surface area contributed by atoms with Crippen molar-refractivity contribution in [1.29, 1.82) is 0 Å². The highest BCUT2D eigenvalue weighted by Crippen LogP contribution is 2.32. The molecule has 1 atom stereocenters. The number of nitrogens with one attached hydrogen (secondary N) is 2. The average Bonchev–Trinajstić information content (AvgIpc) is 2.87. The molecule has 0 aliphatic heterocycles. The van der Waals surface area contributed by atoms with E-state index in [1.54, 1.807) is 45.9 Å². The molecule has 1 unspecified atom stereocenters. The van der Waals surface area contributed by atoms with Crippen molar-refractivity contribution in [3.05, 3.63) is 65.2 Å². The van der Waals surface area contributed by atoms with E-state index >= 15 is 0 Å². The Hall–Kier alpha value is -3.55. The number of para-hydroxylation sites is 1. The number of hydrogen-bond acceptors (Lipinski definition) is 5. The van der Waals surface area contributed by atoms with E-state index in [4.69, 9.17) is 4.74 Å². The number of aryl methyl sites for hydroxylation is 1. The van der Waals surface area contributed by atoms with Crippen LogP contribution in [0.1, 0.15) is 82.5 Å². The van der Waals surface area contributed by atoms with E-state index in [0.717, 1.165) is 31.2 Å². The average molecular weight is 526 g/mol. The second-order valence-corrected chi connectivity index (χ2v) is 10.5. The number of amides is 3. The smallest absolute Gasteiger partial charge is 0.408 e. The van der Waals surface area contributed by atoms with Gasteiger partial charge in [-0.25, -0.2) is 4.79 Å². The minimum atomic E-state index is -1.07. The third-order valence-electron chi connectivity index (χ3n) is 6.04. The third kappa shape index (κ3) is 10.1. The minimum Gasteiger partial charge on any atom is -0.507 e. The van der Waals surface area contributed by atoms with Crippen LogP contribution in [0.4, 0.5) is 4.79 Å². The maximum absolute atomic E-state index is 13.7. The number of aromatic hydroxyl groups is 1. The van der Waals surface area contributed by atoms with Crippen LogP contribution in [0.15, 0.2) is 48.5 Å². The van der Waals surface area contributed by atoms with Crippen LogP contribution in [0, 0.1) is 6.92 Å². The van der Waals surface area contributed by atoms with Crippen molar-refractivity contribution >= 4 is 17.9 Å². The van der Waals surface area contributed by atoms with Gasteiger partial charge in [0.05, 0.1) is 0 Å². The molecule has 0 saturated carbocycles. The van der Waals surface area contributed by atoms with Crippen LogP contribution in [0.25, 0.3) is 0 Å². The van der Waals surface area contributed by atoms with Gasteiger partial charge in [0, 0.05) is 18.7 Å². The lowest BCUT2D eigenvalue weighted by molar-refractivity contribution is -0.140. The molecule has 0 bridgehead atoms. The summed E-state index contributed by atoms with van der Waals surface area (Å²) in [5.41, 5.74) is 1.15. The van der Waals surface area contributed by atoms with E-state index in [1.807, 2.05) is 30.3 Å². The van der Waals surface area contributed by atoms with Crippen LogP contribution in [-0.2, 0) is 20.9 Å². The molecular formula is C30H43N3O5. The zero-order chi connectivity index (χ0) is 28.1. The standard InChI is InChI=1S/C30H43N3O5/c1-6-7-8-9-13-19-33(25(34)21-32-29(37)38-30(3,4)5)26(24-18-14-15-22(2)27(24)35)28(36)31-20-23-16-11-10-12-17-23/h10-12,14-18,26,35H,6-9,13,19-21H2,1-5H3,(H,31,36)(H,32,37). The number of hydrogen-bond donors (Lipinski definition) is 3. The molecule has 0 spiro atoms. The van der Waals surface area contributed by atoms with Crippen molar-refractivity contribution in [3.63, 3.8) is 0 Å². The Bertz CT molecular complexity index is 1050. The molecule has 208 valence electrons. The first-order valence-electron chi connectivity index (χ1n) is 13.4. The van der Waals surface area contributed by atoms with Gasteiger partial charge >= 0.3 is 6.09 Å². The molecule has 8 heteroatoms. The monoisotopic (exact) mass is 525 g/mol. The Labute approximate surface area is 226 Å². The molecule has 0 saturated heterocycles. The molecule has 38 heavy (non-hydrogen) atoms. The van der Waals surface area contributed by atoms with Crippen LogP contribution in [0.5, 0.6) is 5.75 Å². The van der Waals surface area contributed by atoms with Gasteiger partial charge in [-0.15, -0.1) is 0 Å². The summed E-state index contributed by atoms with van der Waals surface area (Å²) in [6.45, 7) is 9.34. The number of phenols is 1. The maximum Gasteiger partial charge on any atom is 0.408 e. The van der Waals surface area contributed by atoms with Gasteiger partial charge in [0.25, 0.3) is 0 Å². The van der Waals surface area contributed by atoms with Gasteiger partial charge in [-0.05, 0) is 45.2 Å². The summed E-state index contributed by atoms with van der Waals surface area (Å²) in [5, 5.41) is 16.4. The molecule has 3 N–H and O–H groups in total. The number of unbranched alkanes of at least 4 members (excludes halogenated alkanes) is 4. The normalized spacial score (nSPS) is 11.9. The first kappa shape index (κ1) is 30.7. The van der Waals surface area contributed by atoms with Crippen molar-refractivity contribution in [1.82, 2.24) is 15.5 Å². The lowest BCUT2D eigenvalue weighted by Gasteiger charge is -2.32. The first-order chi connectivity index (χ1) is 18.0. The molecule has 0 aromatic heterocycles. The molecule has 0 fully saturated rings. The van der Waals surface area contributed by atoms with Crippen molar-refractivity contribution in [2.45, 2.75) is 84.9 Å². The topological polar surface area (TPSA) is 108 Å². The number of phenolic OH excluding ortho intramolecular Hbond substituents is 1. The maximum atomic E-state index is 13.7. The summed E-state index contributed by atoms with van der Waals surface area (Å²) in [4.78, 5) is 40.9. The van der Waals surface area contributed by atoms with E-state index in [-0.39, 0.29) is 18.8 Å². The van der Waals surface area contributed by atoms with Crippen molar-refractivity contribution in [2.24, 2.45) is 0 Å². The summed E-state index contributed by atoms with van der Waals surface area (Å²) < 4.78 is 5.27. The van der Waals surface area contributed by atoms with E-state index in [0.29, 0.717) is 24.1 Å². The predicted molar refractivity (Wildman–Crippen MR) is 149 cm³/mol. The van der Waals surface area contributed by atoms with Crippen LogP contribution in [0.3, 0.4) is 0 Å². The Balaban J connectivity index is 2.34. The van der Waals surface area contributed by atoms with Crippen LogP contribution >= 0.6 is 0 Å². The Morgan fingerprint density at radius 3 is 2.29 bits per heavy atom. The van der Waals surface area contributed by atoms with E-state index in [1.165, 1.54) is 4.90 Å². The van der Waals surface area contributed by atoms with Crippen LogP contribution in [0.2, 0.25) is 0 Å². The Morgan fingerprint density at radius 1 is 0.947 bits per heavy atom. The van der Waals surface area contributed by atoms with Gasteiger partial charge in [-0.2, -0.15) is 0 Å². The van der Waals surface area contributed by atoms with Crippen molar-refractivity contribution in [2.75, 3.05) is 13.1 Å². The highest BCUT2D eigenvalue weighted by molar-refractivity contribution is 5.91. The van der Waals surface area contributed by atoms with Gasteiger partial charge in [0.1, 0.15) is 23.9 Å². The van der Waals surface area contributed by atoms with E-state index in [9.17, 15) is 19.5 Å². The molecule has 0 heterocycles. The quantitative estimate of drug-likeness (QED) is 0.304. The summed E-state index contributed by atoms with van der Waals surface area (Å²) >= 11 is 0. The number of nitrogens with zero attached hydrogens (tertiary/aromatic N) is 1. The minimum absolute atomic E-state index is 0.0313. The molecule has 0 aliphatic rings. The molecule has 2 aromatic carbocycles. The fraction of sp³-hybridized carbons (Fsp3) is 0.500. The zero-order valence-electron chi connectivity index (χ0n) is 23.4. The summed E-state index contributed by atoms with van der Waals surface area (Å²) in [5.74, 6) is -0.878. The number of benzene rings is 2. The SMILES string of the molecule is CCCCCCCN(C(=O)CNC(=O)OC(C)(C)C)C(C(=O)NCc1ccccc1)c1cccc(C)c1O. The van der Waals surface area contributed by atoms with Crippen LogP contribution in [-0.4, -0.2) is 46.6 Å². The molecule has 8 nitrogen and oxygen atoms in total. The highest BCUT2D eigenvalue weighted by Gasteiger charge is 2.33. The molecule has 0 radical (unpaired) electrons. The third-order valence-corrected chi connectivity index (χ3v) is 6.04. The van der Waals surface area contributed by atoms with Crippen molar-refractivity contribution < 1.29 is 24.2 Å². The lowest BCUT2D eigenvalue weighted by atomic mass is 9.99. The van der Waals surface area contributed by atoms with Gasteiger partial charge in [-0.1, -0.05) is 81.1 Å². The van der Waals surface area contributed by atoms with Crippen molar-refractivity contribution in [3.8, 4) is 5.75 Å². The van der Waals surface area contributed by atoms with E-state index in [2.05, 4.69) is 17.6 Å². The van der Waals surface area contributed by atoms with Gasteiger partial charge in [0.2, 0.25) is 11.8 Å². The number of rotatable bonds is 13. The summed E-state index contributed by atoms with van der Waals surface area (Å²) in [6, 6.07) is 13.6. The fourth-order valence-corrected chi connectivity index (χ4v) is 4.08.